The summed E-state index contributed by atoms with van der Waals surface area (Å²) in [6.07, 6.45) is 1.92. The summed E-state index contributed by atoms with van der Waals surface area (Å²) in [6.45, 7) is 0.262. The molecule has 0 spiro atoms. The third-order valence-corrected chi connectivity index (χ3v) is 3.22. The molecular formula is C17H16O3. The molecule has 0 amide bonds. The number of esters is 1. The third kappa shape index (κ3) is 3.18. The molecule has 3 heteroatoms. The largest absolute Gasteiger partial charge is 0.460 e. The van der Waals surface area contributed by atoms with E-state index in [1.165, 1.54) is 0 Å². The zero-order valence-electron chi connectivity index (χ0n) is 11.1. The van der Waals surface area contributed by atoms with Crippen LogP contribution in [0.4, 0.5) is 0 Å². The monoisotopic (exact) mass is 268 g/mol. The molecule has 3 nitrogen and oxygen atoms in total. The van der Waals surface area contributed by atoms with E-state index in [4.69, 9.17) is 9.47 Å². The molecule has 2 aromatic carbocycles. The molecule has 1 fully saturated rings. The van der Waals surface area contributed by atoms with Crippen LogP contribution in [0.3, 0.4) is 0 Å². The molecule has 0 radical (unpaired) electrons. The predicted octanol–water partition coefficient (Wildman–Crippen LogP) is 3.93. The maximum atomic E-state index is 11.6. The molecule has 0 saturated heterocycles. The van der Waals surface area contributed by atoms with E-state index >= 15 is 0 Å². The van der Waals surface area contributed by atoms with E-state index in [-0.39, 0.29) is 18.5 Å². The molecule has 0 bridgehead atoms. The topological polar surface area (TPSA) is 35.5 Å². The minimum absolute atomic E-state index is 0.0977. The van der Waals surface area contributed by atoms with Crippen LogP contribution in [0.1, 0.15) is 18.4 Å². The van der Waals surface area contributed by atoms with Crippen LogP contribution in [0.5, 0.6) is 11.5 Å². The fraction of sp³-hybridized carbons (Fsp3) is 0.235. The molecule has 1 saturated carbocycles. The third-order valence-electron chi connectivity index (χ3n) is 3.22. The predicted molar refractivity (Wildman–Crippen MR) is 75.5 cm³/mol. The standard InChI is InChI=1S/C17H16O3/c18-17(13-10-11-13)19-12-14-6-4-5-9-16(14)20-15-7-2-1-3-8-15/h1-9,13H,10-12H2. The number of carbonyl (C=O) groups is 1. The van der Waals surface area contributed by atoms with Gasteiger partial charge in [0.1, 0.15) is 18.1 Å². The van der Waals surface area contributed by atoms with E-state index in [9.17, 15) is 4.79 Å². The Balaban J connectivity index is 1.69. The van der Waals surface area contributed by atoms with Crippen LogP contribution in [0, 0.1) is 5.92 Å². The van der Waals surface area contributed by atoms with Crippen molar-refractivity contribution >= 4 is 5.97 Å². The number of ether oxygens (including phenoxy) is 2. The Hall–Kier alpha value is -2.29. The lowest BCUT2D eigenvalue weighted by atomic mass is 10.2. The Kier molecular flexibility index (Phi) is 3.68. The highest BCUT2D eigenvalue weighted by molar-refractivity contribution is 5.74. The van der Waals surface area contributed by atoms with Gasteiger partial charge in [-0.25, -0.2) is 0 Å². The minimum atomic E-state index is -0.0977. The van der Waals surface area contributed by atoms with Crippen molar-refractivity contribution in [2.45, 2.75) is 19.4 Å². The fourth-order valence-corrected chi connectivity index (χ4v) is 1.92. The smallest absolute Gasteiger partial charge is 0.309 e. The van der Waals surface area contributed by atoms with Gasteiger partial charge in [0.25, 0.3) is 0 Å². The van der Waals surface area contributed by atoms with Gasteiger partial charge in [-0.2, -0.15) is 0 Å². The summed E-state index contributed by atoms with van der Waals surface area (Å²) in [4.78, 5) is 11.6. The summed E-state index contributed by atoms with van der Waals surface area (Å²) >= 11 is 0. The fourth-order valence-electron chi connectivity index (χ4n) is 1.92. The van der Waals surface area contributed by atoms with E-state index in [0.29, 0.717) is 0 Å². The van der Waals surface area contributed by atoms with Gasteiger partial charge in [-0.3, -0.25) is 4.79 Å². The lowest BCUT2D eigenvalue weighted by Gasteiger charge is -2.11. The Labute approximate surface area is 118 Å². The summed E-state index contributed by atoms with van der Waals surface area (Å²) in [5, 5.41) is 0. The van der Waals surface area contributed by atoms with Crippen molar-refractivity contribution in [3.05, 3.63) is 60.2 Å². The van der Waals surface area contributed by atoms with Crippen LogP contribution in [-0.2, 0) is 16.1 Å². The van der Waals surface area contributed by atoms with Gasteiger partial charge in [0, 0.05) is 5.56 Å². The highest BCUT2D eigenvalue weighted by Gasteiger charge is 2.31. The van der Waals surface area contributed by atoms with Gasteiger partial charge in [-0.05, 0) is 31.0 Å². The van der Waals surface area contributed by atoms with E-state index in [1.54, 1.807) is 0 Å². The second-order valence-electron chi connectivity index (χ2n) is 4.90. The number of hydrogen-bond donors (Lipinski definition) is 0. The second kappa shape index (κ2) is 5.78. The zero-order valence-corrected chi connectivity index (χ0v) is 11.1. The average molecular weight is 268 g/mol. The highest BCUT2D eigenvalue weighted by atomic mass is 16.5. The Morgan fingerprint density at radius 2 is 1.70 bits per heavy atom. The molecule has 1 aliphatic rings. The van der Waals surface area contributed by atoms with Gasteiger partial charge < -0.3 is 9.47 Å². The molecule has 102 valence electrons. The van der Waals surface area contributed by atoms with Crippen molar-refractivity contribution in [2.75, 3.05) is 0 Å². The van der Waals surface area contributed by atoms with Crippen molar-refractivity contribution in [2.24, 2.45) is 5.92 Å². The van der Waals surface area contributed by atoms with Crippen LogP contribution >= 0.6 is 0 Å². The number of rotatable bonds is 5. The summed E-state index contributed by atoms with van der Waals surface area (Å²) in [6, 6.07) is 17.2. The molecule has 0 aromatic heterocycles. The molecule has 0 N–H and O–H groups in total. The Morgan fingerprint density at radius 3 is 2.45 bits per heavy atom. The number of benzene rings is 2. The van der Waals surface area contributed by atoms with Crippen LogP contribution in [-0.4, -0.2) is 5.97 Å². The minimum Gasteiger partial charge on any atom is -0.460 e. The van der Waals surface area contributed by atoms with Gasteiger partial charge in [0.05, 0.1) is 5.92 Å². The number of para-hydroxylation sites is 2. The quantitative estimate of drug-likeness (QED) is 0.771. The molecule has 0 aliphatic heterocycles. The van der Waals surface area contributed by atoms with Gasteiger partial charge in [0.2, 0.25) is 0 Å². The maximum absolute atomic E-state index is 11.6. The maximum Gasteiger partial charge on any atom is 0.309 e. The van der Waals surface area contributed by atoms with Crippen LogP contribution in [0.2, 0.25) is 0 Å². The summed E-state index contributed by atoms with van der Waals surface area (Å²) in [7, 11) is 0. The molecule has 0 heterocycles. The first-order valence-electron chi connectivity index (χ1n) is 6.80. The first kappa shape index (κ1) is 12.7. The second-order valence-corrected chi connectivity index (χ2v) is 4.90. The molecule has 0 atom stereocenters. The van der Waals surface area contributed by atoms with Gasteiger partial charge in [-0.15, -0.1) is 0 Å². The van der Waals surface area contributed by atoms with Crippen LogP contribution in [0.15, 0.2) is 54.6 Å². The van der Waals surface area contributed by atoms with Gasteiger partial charge in [0.15, 0.2) is 0 Å². The molecular weight excluding hydrogens is 252 g/mol. The van der Waals surface area contributed by atoms with Crippen molar-refractivity contribution in [3.8, 4) is 11.5 Å². The van der Waals surface area contributed by atoms with Gasteiger partial charge in [-0.1, -0.05) is 36.4 Å². The van der Waals surface area contributed by atoms with Gasteiger partial charge >= 0.3 is 5.97 Å². The zero-order chi connectivity index (χ0) is 13.8. The van der Waals surface area contributed by atoms with E-state index in [2.05, 4.69) is 0 Å². The summed E-state index contributed by atoms with van der Waals surface area (Å²) in [5.41, 5.74) is 0.880. The lowest BCUT2D eigenvalue weighted by Crippen LogP contribution is -2.06. The molecule has 3 rings (SSSR count). The first-order chi connectivity index (χ1) is 9.83. The van der Waals surface area contributed by atoms with Crippen molar-refractivity contribution < 1.29 is 14.3 Å². The van der Waals surface area contributed by atoms with E-state index in [0.717, 1.165) is 29.9 Å². The molecule has 20 heavy (non-hydrogen) atoms. The molecule has 2 aromatic rings. The molecule has 1 aliphatic carbocycles. The van der Waals surface area contributed by atoms with Crippen molar-refractivity contribution in [3.63, 3.8) is 0 Å². The first-order valence-corrected chi connectivity index (χ1v) is 6.80. The molecule has 0 unspecified atom stereocenters. The SMILES string of the molecule is O=C(OCc1ccccc1Oc1ccccc1)C1CC1. The van der Waals surface area contributed by atoms with Crippen LogP contribution < -0.4 is 4.74 Å². The number of hydrogen-bond acceptors (Lipinski definition) is 3. The number of carbonyl (C=O) groups excluding carboxylic acids is 1. The van der Waals surface area contributed by atoms with E-state index < -0.39 is 0 Å². The highest BCUT2D eigenvalue weighted by Crippen LogP contribution is 2.31. The van der Waals surface area contributed by atoms with Crippen LogP contribution in [0.25, 0.3) is 0 Å². The summed E-state index contributed by atoms with van der Waals surface area (Å²) in [5.74, 6) is 1.52. The Morgan fingerprint density at radius 1 is 1.00 bits per heavy atom. The lowest BCUT2D eigenvalue weighted by molar-refractivity contribution is -0.146. The van der Waals surface area contributed by atoms with E-state index in [1.807, 2.05) is 54.6 Å². The summed E-state index contributed by atoms with van der Waals surface area (Å²) < 4.78 is 11.1. The average Bonchev–Trinajstić information content (AvgIpc) is 3.32. The Bertz CT molecular complexity index is 588. The van der Waals surface area contributed by atoms with Crippen molar-refractivity contribution in [1.82, 2.24) is 0 Å². The van der Waals surface area contributed by atoms with Crippen molar-refractivity contribution in [1.29, 1.82) is 0 Å². The normalized spacial score (nSPS) is 13.8.